The molecule has 5 heteroatoms. The summed E-state index contributed by atoms with van der Waals surface area (Å²) in [7, 11) is 4.05. The van der Waals surface area contributed by atoms with Crippen molar-refractivity contribution in [1.29, 1.82) is 0 Å². The Morgan fingerprint density at radius 3 is 2.00 bits per heavy atom. The van der Waals surface area contributed by atoms with Crippen LogP contribution < -0.4 is 4.90 Å². The number of hydrogen-bond acceptors (Lipinski definition) is 4. The van der Waals surface area contributed by atoms with Gasteiger partial charge in [-0.25, -0.2) is 4.98 Å². The number of anilines is 1. The monoisotopic (exact) mass is 443 g/mol. The van der Waals surface area contributed by atoms with Crippen LogP contribution in [0.15, 0.2) is 72.8 Å². The Morgan fingerprint density at radius 1 is 0.875 bits per heavy atom. The highest BCUT2D eigenvalue weighted by atomic mass is 32.1. The van der Waals surface area contributed by atoms with Gasteiger partial charge in [-0.15, -0.1) is 0 Å². The van der Waals surface area contributed by atoms with Crippen LogP contribution in [-0.2, 0) is 4.79 Å². The van der Waals surface area contributed by atoms with Gasteiger partial charge in [0, 0.05) is 13.1 Å². The molecular weight excluding hydrogens is 414 g/mol. The van der Waals surface area contributed by atoms with E-state index >= 15 is 0 Å². The second kappa shape index (κ2) is 9.63. The Kier molecular flexibility index (Phi) is 6.68. The largest absolute Gasteiger partial charge is 0.308 e. The van der Waals surface area contributed by atoms with Crippen LogP contribution in [0, 0.1) is 13.8 Å². The smallest absolute Gasteiger partial charge is 0.240 e. The van der Waals surface area contributed by atoms with Gasteiger partial charge in [0.15, 0.2) is 5.13 Å². The number of fused-ring (bicyclic) bond motifs is 1. The number of rotatable bonds is 7. The number of aryl methyl sites for hydroxylation is 2. The molecule has 164 valence electrons. The average molecular weight is 444 g/mol. The highest BCUT2D eigenvalue weighted by Gasteiger charge is 2.30. The van der Waals surface area contributed by atoms with Crippen molar-refractivity contribution in [3.63, 3.8) is 0 Å². The normalized spacial score (nSPS) is 11.4. The summed E-state index contributed by atoms with van der Waals surface area (Å²) in [5.41, 5.74) is 5.39. The quantitative estimate of drug-likeness (QED) is 0.371. The third-order valence-corrected chi connectivity index (χ3v) is 6.81. The molecule has 0 radical (unpaired) electrons. The van der Waals surface area contributed by atoms with Crippen molar-refractivity contribution in [3.05, 3.63) is 95.1 Å². The van der Waals surface area contributed by atoms with Crippen LogP contribution >= 0.6 is 11.3 Å². The zero-order valence-electron chi connectivity index (χ0n) is 19.1. The lowest BCUT2D eigenvalue weighted by Crippen LogP contribution is -2.40. The van der Waals surface area contributed by atoms with Gasteiger partial charge in [-0.1, -0.05) is 72.0 Å². The van der Waals surface area contributed by atoms with E-state index in [4.69, 9.17) is 4.98 Å². The van der Waals surface area contributed by atoms with Gasteiger partial charge in [-0.3, -0.25) is 9.69 Å². The molecule has 0 spiro atoms. The van der Waals surface area contributed by atoms with Crippen LogP contribution in [0.1, 0.15) is 28.2 Å². The summed E-state index contributed by atoms with van der Waals surface area (Å²) in [6.45, 7) is 5.56. The molecule has 0 aliphatic heterocycles. The summed E-state index contributed by atoms with van der Waals surface area (Å²) < 4.78 is 1.11. The lowest BCUT2D eigenvalue weighted by Gasteiger charge is -2.27. The molecule has 0 atom stereocenters. The Morgan fingerprint density at radius 2 is 1.44 bits per heavy atom. The van der Waals surface area contributed by atoms with Crippen LogP contribution in [-0.4, -0.2) is 43.0 Å². The molecule has 1 amide bonds. The Bertz CT molecular complexity index is 1120. The summed E-state index contributed by atoms with van der Waals surface area (Å²) >= 11 is 1.59. The predicted molar refractivity (Wildman–Crippen MR) is 135 cm³/mol. The third kappa shape index (κ3) is 4.74. The molecule has 0 aliphatic rings. The maximum atomic E-state index is 14.1. The van der Waals surface area contributed by atoms with Crippen LogP contribution in [0.4, 0.5) is 5.13 Å². The van der Waals surface area contributed by atoms with Crippen molar-refractivity contribution in [1.82, 2.24) is 9.88 Å². The second-order valence-electron chi connectivity index (χ2n) is 8.45. The number of thiazole rings is 1. The van der Waals surface area contributed by atoms with Crippen LogP contribution in [0.3, 0.4) is 0 Å². The fourth-order valence-corrected chi connectivity index (χ4v) is 4.88. The van der Waals surface area contributed by atoms with Crippen molar-refractivity contribution < 1.29 is 4.79 Å². The number of benzene rings is 3. The molecule has 0 saturated heterocycles. The molecule has 32 heavy (non-hydrogen) atoms. The van der Waals surface area contributed by atoms with Crippen molar-refractivity contribution in [3.8, 4) is 0 Å². The van der Waals surface area contributed by atoms with Gasteiger partial charge in [-0.05, 0) is 62.3 Å². The molecular formula is C27H29N3OS. The first-order chi connectivity index (χ1) is 15.4. The molecule has 3 aromatic carbocycles. The minimum atomic E-state index is -0.380. The second-order valence-corrected chi connectivity index (χ2v) is 9.46. The number of nitrogens with zero attached hydrogens (tertiary/aromatic N) is 3. The molecule has 0 bridgehead atoms. The Labute approximate surface area is 194 Å². The van der Waals surface area contributed by atoms with Gasteiger partial charge >= 0.3 is 0 Å². The minimum Gasteiger partial charge on any atom is -0.308 e. The first-order valence-corrected chi connectivity index (χ1v) is 11.7. The highest BCUT2D eigenvalue weighted by Crippen LogP contribution is 2.34. The van der Waals surface area contributed by atoms with E-state index in [0.29, 0.717) is 6.54 Å². The summed E-state index contributed by atoms with van der Waals surface area (Å²) in [6.07, 6.45) is 0. The van der Waals surface area contributed by atoms with E-state index in [-0.39, 0.29) is 11.8 Å². The van der Waals surface area contributed by atoms with E-state index in [9.17, 15) is 4.79 Å². The van der Waals surface area contributed by atoms with Crippen molar-refractivity contribution in [2.75, 3.05) is 32.1 Å². The molecule has 0 N–H and O–H groups in total. The molecule has 0 aliphatic carbocycles. The average Bonchev–Trinajstić information content (AvgIpc) is 3.18. The zero-order valence-corrected chi connectivity index (χ0v) is 19.9. The van der Waals surface area contributed by atoms with Gasteiger partial charge in [0.25, 0.3) is 0 Å². The van der Waals surface area contributed by atoms with Gasteiger partial charge in [0.1, 0.15) is 0 Å². The van der Waals surface area contributed by atoms with Crippen LogP contribution in [0.2, 0.25) is 0 Å². The number of carbonyl (C=O) groups is 1. The SMILES string of the molecule is Cc1cc2nc(N(CCN(C)C)C(=O)C(c3ccccc3)c3ccccc3)sc2cc1C. The first-order valence-electron chi connectivity index (χ1n) is 10.9. The maximum absolute atomic E-state index is 14.1. The van der Waals surface area contributed by atoms with E-state index in [2.05, 4.69) is 30.9 Å². The van der Waals surface area contributed by atoms with E-state index in [1.165, 1.54) is 11.1 Å². The van der Waals surface area contributed by atoms with E-state index in [1.807, 2.05) is 79.7 Å². The summed E-state index contributed by atoms with van der Waals surface area (Å²) in [4.78, 5) is 23.0. The fraction of sp³-hybridized carbons (Fsp3) is 0.259. The summed E-state index contributed by atoms with van der Waals surface area (Å²) in [5, 5.41) is 0.758. The lowest BCUT2D eigenvalue weighted by molar-refractivity contribution is -0.119. The third-order valence-electron chi connectivity index (χ3n) is 5.77. The number of aromatic nitrogens is 1. The zero-order chi connectivity index (χ0) is 22.7. The lowest BCUT2D eigenvalue weighted by atomic mass is 9.90. The van der Waals surface area contributed by atoms with Gasteiger partial charge in [0.2, 0.25) is 5.91 Å². The van der Waals surface area contributed by atoms with Crippen molar-refractivity contribution in [2.45, 2.75) is 19.8 Å². The molecule has 4 aromatic rings. The molecule has 4 rings (SSSR count). The minimum absolute atomic E-state index is 0.0525. The topological polar surface area (TPSA) is 36.4 Å². The van der Waals surface area contributed by atoms with Crippen LogP contribution in [0.25, 0.3) is 10.2 Å². The molecule has 1 aromatic heterocycles. The highest BCUT2D eigenvalue weighted by molar-refractivity contribution is 7.22. The van der Waals surface area contributed by atoms with E-state index in [0.717, 1.165) is 33.0 Å². The van der Waals surface area contributed by atoms with Gasteiger partial charge in [0.05, 0.1) is 16.1 Å². The van der Waals surface area contributed by atoms with Gasteiger partial charge in [-0.2, -0.15) is 0 Å². The van der Waals surface area contributed by atoms with Crippen molar-refractivity contribution >= 4 is 32.6 Å². The van der Waals surface area contributed by atoms with E-state index < -0.39 is 0 Å². The van der Waals surface area contributed by atoms with Crippen LogP contribution in [0.5, 0.6) is 0 Å². The molecule has 1 heterocycles. The molecule has 4 nitrogen and oxygen atoms in total. The first kappa shape index (κ1) is 22.2. The summed E-state index contributed by atoms with van der Waals surface area (Å²) in [5.74, 6) is -0.327. The molecule has 0 unspecified atom stereocenters. The standard InChI is InChI=1S/C27H29N3OS/c1-19-17-23-24(18-20(19)2)32-27(28-23)30(16-15-29(3)4)26(31)25(21-11-7-5-8-12-21)22-13-9-6-10-14-22/h5-14,17-18,25H,15-16H2,1-4H3. The Hall–Kier alpha value is -3.02. The number of likely N-dealkylation sites (N-methyl/N-ethyl adjacent to an activating group) is 1. The number of hydrogen-bond donors (Lipinski definition) is 0. The van der Waals surface area contributed by atoms with E-state index in [1.54, 1.807) is 11.3 Å². The predicted octanol–water partition coefficient (Wildman–Crippen LogP) is 5.64. The maximum Gasteiger partial charge on any atom is 0.240 e. The summed E-state index contributed by atoms with van der Waals surface area (Å²) in [6, 6.07) is 24.4. The number of amides is 1. The van der Waals surface area contributed by atoms with Gasteiger partial charge < -0.3 is 4.90 Å². The Balaban J connectivity index is 1.80. The number of carbonyl (C=O) groups excluding carboxylic acids is 1. The van der Waals surface area contributed by atoms with Crippen molar-refractivity contribution in [2.24, 2.45) is 0 Å². The fourth-order valence-electron chi connectivity index (χ4n) is 3.81. The molecule has 0 saturated carbocycles. The molecule has 0 fully saturated rings.